The molecule has 0 aromatic rings. The highest BCUT2D eigenvalue weighted by Gasteiger charge is 2.20. The molecule has 0 aliphatic heterocycles. The maximum absolute atomic E-state index is 11.6. The van der Waals surface area contributed by atoms with E-state index in [2.05, 4.69) is 10.0 Å². The van der Waals surface area contributed by atoms with E-state index in [-0.39, 0.29) is 0 Å². The second-order valence-electron chi connectivity index (χ2n) is 4.30. The van der Waals surface area contributed by atoms with Crippen molar-refractivity contribution >= 4 is 10.2 Å². The zero-order valence-electron chi connectivity index (χ0n) is 10.2. The Morgan fingerprint density at radius 3 is 2.56 bits per heavy atom. The second kappa shape index (κ2) is 6.54. The van der Waals surface area contributed by atoms with Crippen molar-refractivity contribution in [1.29, 1.82) is 0 Å². The summed E-state index contributed by atoms with van der Waals surface area (Å²) in [6.07, 6.45) is 4.22. The lowest BCUT2D eigenvalue weighted by molar-refractivity contribution is 0.444. The van der Waals surface area contributed by atoms with Crippen LogP contribution < -0.4 is 10.0 Å². The first-order valence-corrected chi connectivity index (χ1v) is 7.44. The Hall–Kier alpha value is -0.170. The van der Waals surface area contributed by atoms with Crippen LogP contribution in [0, 0.1) is 0 Å². The first-order chi connectivity index (χ1) is 7.56. The monoisotopic (exact) mass is 249 g/mol. The maximum atomic E-state index is 11.6. The fourth-order valence-electron chi connectivity index (χ4n) is 1.36. The van der Waals surface area contributed by atoms with Crippen LogP contribution in [0.15, 0.2) is 0 Å². The van der Waals surface area contributed by atoms with Crippen LogP contribution in [0.4, 0.5) is 0 Å². The molecule has 1 aliphatic carbocycles. The lowest BCUT2D eigenvalue weighted by atomic mass is 10.4. The molecule has 6 heteroatoms. The summed E-state index contributed by atoms with van der Waals surface area (Å²) in [7, 11) is -1.63. The molecule has 1 rings (SSSR count). The fourth-order valence-corrected chi connectivity index (χ4v) is 2.41. The van der Waals surface area contributed by atoms with Gasteiger partial charge in [-0.1, -0.05) is 6.92 Å². The zero-order chi connectivity index (χ0) is 12.0. The van der Waals surface area contributed by atoms with E-state index in [9.17, 15) is 8.42 Å². The van der Waals surface area contributed by atoms with Crippen LogP contribution in [-0.4, -0.2) is 45.4 Å². The molecule has 0 unspecified atom stereocenters. The van der Waals surface area contributed by atoms with Crippen molar-refractivity contribution in [2.24, 2.45) is 0 Å². The third-order valence-corrected chi connectivity index (χ3v) is 4.18. The van der Waals surface area contributed by atoms with Crippen molar-refractivity contribution in [3.05, 3.63) is 0 Å². The minimum atomic E-state index is -3.25. The van der Waals surface area contributed by atoms with Crippen LogP contribution in [0.5, 0.6) is 0 Å². The van der Waals surface area contributed by atoms with Crippen LogP contribution in [0.25, 0.3) is 0 Å². The summed E-state index contributed by atoms with van der Waals surface area (Å²) in [6, 6.07) is 0.695. The topological polar surface area (TPSA) is 61.4 Å². The van der Waals surface area contributed by atoms with Crippen molar-refractivity contribution in [3.8, 4) is 0 Å². The molecule has 2 N–H and O–H groups in total. The molecule has 1 saturated carbocycles. The molecule has 0 atom stereocenters. The van der Waals surface area contributed by atoms with Gasteiger partial charge >= 0.3 is 0 Å². The van der Waals surface area contributed by atoms with Gasteiger partial charge in [-0.25, -0.2) is 4.72 Å². The summed E-state index contributed by atoms with van der Waals surface area (Å²) in [6.45, 7) is 3.92. The van der Waals surface area contributed by atoms with E-state index in [4.69, 9.17) is 0 Å². The normalized spacial score (nSPS) is 16.9. The van der Waals surface area contributed by atoms with E-state index in [1.807, 2.05) is 6.92 Å². The molecule has 0 radical (unpaired) electrons. The lowest BCUT2D eigenvalue weighted by Crippen LogP contribution is -2.39. The van der Waals surface area contributed by atoms with E-state index >= 15 is 0 Å². The number of nitrogens with one attached hydrogen (secondary N) is 2. The SMILES string of the molecule is CCCNS(=O)(=O)N(C)CCCNC1CC1. The summed E-state index contributed by atoms with van der Waals surface area (Å²) in [5.74, 6) is 0. The molecule has 0 aromatic heterocycles. The molecule has 0 saturated heterocycles. The fraction of sp³-hybridized carbons (Fsp3) is 1.00. The molecule has 0 amide bonds. The van der Waals surface area contributed by atoms with Gasteiger partial charge in [0.15, 0.2) is 0 Å². The average Bonchev–Trinajstić information content (AvgIpc) is 3.05. The van der Waals surface area contributed by atoms with Gasteiger partial charge in [0.1, 0.15) is 0 Å². The molecular formula is C10H23N3O2S. The van der Waals surface area contributed by atoms with Crippen molar-refractivity contribution in [1.82, 2.24) is 14.3 Å². The van der Waals surface area contributed by atoms with Crippen molar-refractivity contribution in [2.45, 2.75) is 38.6 Å². The maximum Gasteiger partial charge on any atom is 0.279 e. The Morgan fingerprint density at radius 1 is 1.31 bits per heavy atom. The quantitative estimate of drug-likeness (QED) is 0.578. The Kier molecular flexibility index (Phi) is 5.68. The van der Waals surface area contributed by atoms with Gasteiger partial charge in [-0.15, -0.1) is 0 Å². The predicted molar refractivity (Wildman–Crippen MR) is 65.5 cm³/mol. The van der Waals surface area contributed by atoms with Gasteiger partial charge in [0.25, 0.3) is 10.2 Å². The first-order valence-electron chi connectivity index (χ1n) is 6.00. The summed E-state index contributed by atoms with van der Waals surface area (Å²) in [5.41, 5.74) is 0. The van der Waals surface area contributed by atoms with Gasteiger partial charge < -0.3 is 5.32 Å². The van der Waals surface area contributed by atoms with Gasteiger partial charge in [0, 0.05) is 26.2 Å². The summed E-state index contributed by atoms with van der Waals surface area (Å²) < 4.78 is 27.2. The molecule has 0 aromatic carbocycles. The summed E-state index contributed by atoms with van der Waals surface area (Å²) >= 11 is 0. The van der Waals surface area contributed by atoms with Gasteiger partial charge in [0.2, 0.25) is 0 Å². The van der Waals surface area contributed by atoms with Crippen LogP contribution in [0.3, 0.4) is 0 Å². The molecule has 0 heterocycles. The highest BCUT2D eigenvalue weighted by atomic mass is 32.2. The van der Waals surface area contributed by atoms with E-state index < -0.39 is 10.2 Å². The smallest absolute Gasteiger partial charge is 0.279 e. The molecule has 96 valence electrons. The predicted octanol–water partition coefficient (Wildman–Crippen LogP) is 0.305. The summed E-state index contributed by atoms with van der Waals surface area (Å²) in [4.78, 5) is 0. The molecule has 16 heavy (non-hydrogen) atoms. The molecule has 0 bridgehead atoms. The van der Waals surface area contributed by atoms with Gasteiger partial charge in [-0.3, -0.25) is 0 Å². The van der Waals surface area contributed by atoms with E-state index in [1.54, 1.807) is 7.05 Å². The van der Waals surface area contributed by atoms with Gasteiger partial charge in [0.05, 0.1) is 0 Å². The molecule has 1 fully saturated rings. The number of hydrogen-bond acceptors (Lipinski definition) is 3. The van der Waals surface area contributed by atoms with Crippen LogP contribution >= 0.6 is 0 Å². The van der Waals surface area contributed by atoms with Gasteiger partial charge in [-0.2, -0.15) is 12.7 Å². The van der Waals surface area contributed by atoms with Crippen molar-refractivity contribution < 1.29 is 8.42 Å². The third kappa shape index (κ3) is 5.25. The highest BCUT2D eigenvalue weighted by Crippen LogP contribution is 2.18. The highest BCUT2D eigenvalue weighted by molar-refractivity contribution is 7.87. The van der Waals surface area contributed by atoms with E-state index in [0.29, 0.717) is 19.1 Å². The Morgan fingerprint density at radius 2 is 2.00 bits per heavy atom. The number of rotatable bonds is 9. The Bertz CT molecular complexity index is 288. The molecule has 1 aliphatic rings. The van der Waals surface area contributed by atoms with Crippen LogP contribution in [-0.2, 0) is 10.2 Å². The Labute approximate surface area is 98.8 Å². The minimum Gasteiger partial charge on any atom is -0.314 e. The lowest BCUT2D eigenvalue weighted by Gasteiger charge is -2.17. The second-order valence-corrected chi connectivity index (χ2v) is 6.17. The van der Waals surface area contributed by atoms with Crippen LogP contribution in [0.2, 0.25) is 0 Å². The first kappa shape index (κ1) is 13.9. The molecular weight excluding hydrogens is 226 g/mol. The third-order valence-electron chi connectivity index (χ3n) is 2.60. The van der Waals surface area contributed by atoms with Crippen LogP contribution in [0.1, 0.15) is 32.6 Å². The number of hydrogen-bond donors (Lipinski definition) is 2. The largest absolute Gasteiger partial charge is 0.314 e. The average molecular weight is 249 g/mol. The number of nitrogens with zero attached hydrogens (tertiary/aromatic N) is 1. The van der Waals surface area contributed by atoms with Crippen molar-refractivity contribution in [2.75, 3.05) is 26.7 Å². The molecule has 0 spiro atoms. The summed E-state index contributed by atoms with van der Waals surface area (Å²) in [5, 5.41) is 3.36. The van der Waals surface area contributed by atoms with E-state index in [1.165, 1.54) is 17.1 Å². The van der Waals surface area contributed by atoms with E-state index in [0.717, 1.165) is 19.4 Å². The zero-order valence-corrected chi connectivity index (χ0v) is 11.0. The van der Waals surface area contributed by atoms with Gasteiger partial charge in [-0.05, 0) is 32.2 Å². The minimum absolute atomic E-state index is 0.507. The Balaban J connectivity index is 2.13. The standard InChI is InChI=1S/C10H23N3O2S/c1-3-7-12-16(14,15)13(2)9-4-8-11-10-5-6-10/h10-12H,3-9H2,1-2H3. The molecule has 5 nitrogen and oxygen atoms in total. The van der Waals surface area contributed by atoms with Crippen molar-refractivity contribution in [3.63, 3.8) is 0 Å².